The molecule has 9 aromatic carbocycles. The van der Waals surface area contributed by atoms with Crippen molar-refractivity contribution in [2.45, 2.75) is 42.4 Å². The SMILES string of the molecule is CC1(C)c2ccccc2-c2ccc(N(c3ccc(C4=CC5=C(CC4)c4ccccc4S5(C)C)cc3)c3ccc4c(c3)C(c3ccccc3)(c3cccc(-c5ccccc5)c3)c3ccccc3-4)cc21. The molecule has 68 heavy (non-hydrogen) atoms. The first kappa shape index (κ1) is 40.8. The van der Waals surface area contributed by atoms with Crippen LogP contribution in [-0.4, -0.2) is 12.5 Å². The van der Waals surface area contributed by atoms with E-state index in [-0.39, 0.29) is 5.41 Å². The summed E-state index contributed by atoms with van der Waals surface area (Å²) < 4.78 is 0. The fourth-order valence-electron chi connectivity index (χ4n) is 12.5. The largest absolute Gasteiger partial charge is 0.310 e. The van der Waals surface area contributed by atoms with Crippen molar-refractivity contribution in [3.05, 3.63) is 274 Å². The van der Waals surface area contributed by atoms with Gasteiger partial charge in [0.2, 0.25) is 0 Å². The van der Waals surface area contributed by atoms with Gasteiger partial charge in [0, 0.05) is 27.4 Å². The molecule has 0 spiro atoms. The smallest absolute Gasteiger partial charge is 0.0714 e. The summed E-state index contributed by atoms with van der Waals surface area (Å²) in [7, 11) is -1.07. The number of hydrogen-bond donors (Lipinski definition) is 0. The molecule has 9 aromatic rings. The van der Waals surface area contributed by atoms with Crippen molar-refractivity contribution >= 4 is 38.2 Å². The van der Waals surface area contributed by atoms with Gasteiger partial charge in [0.15, 0.2) is 0 Å². The second-order valence-corrected chi connectivity index (χ2v) is 23.5. The first-order valence-corrected chi connectivity index (χ1v) is 26.6. The second-order valence-electron chi connectivity index (χ2n) is 20.0. The van der Waals surface area contributed by atoms with Gasteiger partial charge in [0.05, 0.1) is 5.41 Å². The van der Waals surface area contributed by atoms with Crippen molar-refractivity contribution in [3.63, 3.8) is 0 Å². The third kappa shape index (κ3) is 5.96. The quantitative estimate of drug-likeness (QED) is 0.154. The summed E-state index contributed by atoms with van der Waals surface area (Å²) in [5.74, 6) is 0. The number of allylic oxidation sites excluding steroid dienone is 3. The van der Waals surface area contributed by atoms with E-state index in [0.29, 0.717) is 0 Å². The van der Waals surface area contributed by atoms with Gasteiger partial charge in [-0.2, -0.15) is 10.0 Å². The molecule has 3 aliphatic carbocycles. The molecule has 0 saturated carbocycles. The number of nitrogens with zero attached hydrogens (tertiary/aromatic N) is 1. The molecule has 1 unspecified atom stereocenters. The van der Waals surface area contributed by atoms with Crippen LogP contribution >= 0.6 is 10.0 Å². The third-order valence-electron chi connectivity index (χ3n) is 15.8. The highest BCUT2D eigenvalue weighted by Gasteiger charge is 2.47. The Hall–Kier alpha value is -7.39. The van der Waals surface area contributed by atoms with Crippen LogP contribution in [0.4, 0.5) is 17.1 Å². The van der Waals surface area contributed by atoms with Gasteiger partial charge in [0.1, 0.15) is 0 Å². The van der Waals surface area contributed by atoms with Gasteiger partial charge in [-0.25, -0.2) is 0 Å². The zero-order valence-corrected chi connectivity index (χ0v) is 39.9. The molecule has 0 bridgehead atoms. The van der Waals surface area contributed by atoms with E-state index in [0.717, 1.165) is 29.9 Å². The van der Waals surface area contributed by atoms with E-state index in [9.17, 15) is 0 Å². The van der Waals surface area contributed by atoms with Crippen LogP contribution < -0.4 is 4.90 Å². The fraction of sp³-hybridized carbons (Fsp3) is 0.121. The Morgan fingerprint density at radius 3 is 1.68 bits per heavy atom. The van der Waals surface area contributed by atoms with Gasteiger partial charge >= 0.3 is 0 Å². The van der Waals surface area contributed by atoms with Crippen molar-refractivity contribution in [3.8, 4) is 33.4 Å². The molecule has 328 valence electrons. The zero-order chi connectivity index (χ0) is 45.8. The van der Waals surface area contributed by atoms with Crippen LogP contribution in [-0.2, 0) is 10.8 Å². The van der Waals surface area contributed by atoms with E-state index in [4.69, 9.17) is 0 Å². The minimum atomic E-state index is -1.07. The molecule has 0 saturated heterocycles. The lowest BCUT2D eigenvalue weighted by atomic mass is 9.67. The molecule has 13 rings (SSSR count). The molecule has 1 atom stereocenters. The maximum atomic E-state index is 2.55. The molecular weight excluding hydrogens is 839 g/mol. The number of anilines is 3. The lowest BCUT2D eigenvalue weighted by Gasteiger charge is -2.35. The summed E-state index contributed by atoms with van der Waals surface area (Å²) in [6, 6.07) is 82.4. The predicted octanol–water partition coefficient (Wildman–Crippen LogP) is 17.5. The molecule has 0 amide bonds. The van der Waals surface area contributed by atoms with E-state index in [1.165, 1.54) is 88.4 Å². The van der Waals surface area contributed by atoms with Crippen LogP contribution in [0.15, 0.2) is 234 Å². The molecule has 1 aliphatic heterocycles. The second kappa shape index (κ2) is 15.3. The van der Waals surface area contributed by atoms with Gasteiger partial charge in [0.25, 0.3) is 0 Å². The Morgan fingerprint density at radius 2 is 0.941 bits per heavy atom. The summed E-state index contributed by atoms with van der Waals surface area (Å²) in [6.07, 6.45) is 9.64. The summed E-state index contributed by atoms with van der Waals surface area (Å²) in [6.45, 7) is 4.77. The Kier molecular flexibility index (Phi) is 9.20. The molecule has 0 fully saturated rings. The van der Waals surface area contributed by atoms with Crippen LogP contribution in [0.2, 0.25) is 0 Å². The van der Waals surface area contributed by atoms with Crippen molar-refractivity contribution in [1.82, 2.24) is 0 Å². The van der Waals surface area contributed by atoms with E-state index in [1.807, 2.05) is 0 Å². The number of hydrogen-bond acceptors (Lipinski definition) is 1. The van der Waals surface area contributed by atoms with Crippen molar-refractivity contribution < 1.29 is 0 Å². The van der Waals surface area contributed by atoms with Gasteiger partial charge in [-0.15, -0.1) is 0 Å². The van der Waals surface area contributed by atoms with E-state index < -0.39 is 15.4 Å². The Bertz CT molecular complexity index is 3560. The van der Waals surface area contributed by atoms with Crippen LogP contribution in [0.5, 0.6) is 0 Å². The maximum Gasteiger partial charge on any atom is 0.0714 e. The molecule has 1 heterocycles. The average molecular weight is 892 g/mol. The van der Waals surface area contributed by atoms with Gasteiger partial charge in [-0.3, -0.25) is 0 Å². The summed E-state index contributed by atoms with van der Waals surface area (Å²) in [5, 5.41) is 0. The lowest BCUT2D eigenvalue weighted by molar-refractivity contribution is 0.660. The first-order chi connectivity index (χ1) is 33.2. The Balaban J connectivity index is 0.999. The predicted molar refractivity (Wildman–Crippen MR) is 290 cm³/mol. The molecule has 0 radical (unpaired) electrons. The van der Waals surface area contributed by atoms with Crippen LogP contribution in [0, 0.1) is 0 Å². The van der Waals surface area contributed by atoms with Crippen LogP contribution in [0.3, 0.4) is 0 Å². The summed E-state index contributed by atoms with van der Waals surface area (Å²) in [4.78, 5) is 5.61. The minimum Gasteiger partial charge on any atom is -0.310 e. The van der Waals surface area contributed by atoms with Crippen molar-refractivity contribution in [2.24, 2.45) is 0 Å². The van der Waals surface area contributed by atoms with Gasteiger partial charge in [-0.1, -0.05) is 184 Å². The summed E-state index contributed by atoms with van der Waals surface area (Å²) in [5.41, 5.74) is 24.0. The standard InChI is InChI=1S/C66H53NS/c1-65(2)59-27-14-11-24-53(59)55-38-35-51(42-61(55)65)67(50-33-30-45(31-34-50)47-32-37-58-57-26-13-16-29-63(57)68(3,4)64(58)41-47)52-36-39-56-54-25-12-15-28-60(54)66(62(56)43-52,48-21-9-6-10-22-48)49-23-17-20-46(40-49)44-18-7-5-8-19-44/h5-31,33-36,38-43H,32,37H2,1-4H3. The van der Waals surface area contributed by atoms with Crippen LogP contribution in [0.25, 0.3) is 44.5 Å². The Morgan fingerprint density at radius 1 is 0.397 bits per heavy atom. The fourth-order valence-corrected chi connectivity index (χ4v) is 15.1. The lowest BCUT2D eigenvalue weighted by Crippen LogP contribution is -2.29. The molecule has 2 heteroatoms. The zero-order valence-electron chi connectivity index (χ0n) is 39.1. The highest BCUT2D eigenvalue weighted by Crippen LogP contribution is 2.68. The number of fused-ring (bicyclic) bond motifs is 8. The summed E-state index contributed by atoms with van der Waals surface area (Å²) >= 11 is 0. The van der Waals surface area contributed by atoms with E-state index in [2.05, 4.69) is 256 Å². The molecular formula is C66H53NS. The van der Waals surface area contributed by atoms with Crippen molar-refractivity contribution in [2.75, 3.05) is 17.4 Å². The first-order valence-electron chi connectivity index (χ1n) is 24.1. The van der Waals surface area contributed by atoms with E-state index >= 15 is 0 Å². The third-order valence-corrected chi connectivity index (χ3v) is 18.7. The number of benzene rings is 9. The van der Waals surface area contributed by atoms with Crippen LogP contribution in [0.1, 0.15) is 71.2 Å². The van der Waals surface area contributed by atoms with Gasteiger partial charge in [-0.05, 0) is 174 Å². The highest BCUT2D eigenvalue weighted by atomic mass is 32.3. The maximum absolute atomic E-state index is 2.55. The monoisotopic (exact) mass is 891 g/mol. The van der Waals surface area contributed by atoms with E-state index in [1.54, 1.807) is 10.5 Å². The molecule has 1 nitrogen and oxygen atoms in total. The van der Waals surface area contributed by atoms with Gasteiger partial charge < -0.3 is 4.90 Å². The minimum absolute atomic E-state index is 0.139. The normalized spacial score (nSPS) is 18.1. The molecule has 0 aromatic heterocycles. The van der Waals surface area contributed by atoms with Crippen molar-refractivity contribution in [1.29, 1.82) is 0 Å². The topological polar surface area (TPSA) is 3.24 Å². The number of rotatable bonds is 7. The highest BCUT2D eigenvalue weighted by molar-refractivity contribution is 8.36. The average Bonchev–Trinajstić information content (AvgIpc) is 3.91. The Labute approximate surface area is 403 Å². The molecule has 0 N–H and O–H groups in total. The molecule has 4 aliphatic rings.